The quantitative estimate of drug-likeness (QED) is 0.458. The lowest BCUT2D eigenvalue weighted by molar-refractivity contribution is 0.164. The topological polar surface area (TPSA) is 52.1 Å². The third-order valence-corrected chi connectivity index (χ3v) is 4.95. The van der Waals surface area contributed by atoms with Crippen LogP contribution in [0.3, 0.4) is 0 Å². The fourth-order valence-electron chi connectivity index (χ4n) is 3.37. The standard InChI is InChI=1S/C24H27FN2O3/c1-5-21(30-22-12-11-20-17(24(22)25)8-7-13-27-20)18-14-23(28-4)16(15-29-6-2)9-10-19(18)26-3/h5,7,10-14,27H,3,6,8-9,15H2,1-2,4H3/b21-5+. The number of aliphatic imine (C=N–C) groups is 1. The number of anilines is 1. The molecule has 1 heterocycles. The third kappa shape index (κ3) is 4.54. The summed E-state index contributed by atoms with van der Waals surface area (Å²) in [5.74, 6) is 0.926. The largest absolute Gasteiger partial charge is 0.497 e. The summed E-state index contributed by atoms with van der Waals surface area (Å²) in [6, 6.07) is 3.44. The van der Waals surface area contributed by atoms with Crippen molar-refractivity contribution < 1.29 is 18.6 Å². The van der Waals surface area contributed by atoms with Gasteiger partial charge in [-0.2, -0.15) is 0 Å². The molecule has 1 aromatic carbocycles. The van der Waals surface area contributed by atoms with Crippen molar-refractivity contribution in [1.29, 1.82) is 0 Å². The Morgan fingerprint density at radius 1 is 1.33 bits per heavy atom. The summed E-state index contributed by atoms with van der Waals surface area (Å²) in [6.45, 7) is 8.53. The summed E-state index contributed by atoms with van der Waals surface area (Å²) in [5, 5.41) is 3.05. The molecule has 0 fully saturated rings. The van der Waals surface area contributed by atoms with E-state index in [9.17, 15) is 0 Å². The molecular formula is C24H27FN2O3. The minimum Gasteiger partial charge on any atom is -0.497 e. The Labute approximate surface area is 176 Å². The van der Waals surface area contributed by atoms with Gasteiger partial charge in [-0.3, -0.25) is 4.99 Å². The van der Waals surface area contributed by atoms with E-state index in [4.69, 9.17) is 14.2 Å². The van der Waals surface area contributed by atoms with Gasteiger partial charge in [0.05, 0.1) is 19.4 Å². The zero-order valence-corrected chi connectivity index (χ0v) is 17.6. The molecule has 2 aliphatic rings. The van der Waals surface area contributed by atoms with E-state index in [1.54, 1.807) is 25.5 Å². The number of allylic oxidation sites excluding steroid dienone is 4. The molecule has 5 nitrogen and oxygen atoms in total. The molecule has 0 spiro atoms. The van der Waals surface area contributed by atoms with Crippen molar-refractivity contribution in [2.75, 3.05) is 25.6 Å². The molecule has 0 saturated carbocycles. The number of nitrogens with one attached hydrogen (secondary N) is 1. The molecule has 6 heteroatoms. The van der Waals surface area contributed by atoms with Gasteiger partial charge >= 0.3 is 0 Å². The maximum atomic E-state index is 15.1. The molecule has 0 saturated heterocycles. The summed E-state index contributed by atoms with van der Waals surface area (Å²) >= 11 is 0. The smallest absolute Gasteiger partial charge is 0.171 e. The van der Waals surface area contributed by atoms with Gasteiger partial charge in [0.2, 0.25) is 0 Å². The summed E-state index contributed by atoms with van der Waals surface area (Å²) in [4.78, 5) is 4.16. The van der Waals surface area contributed by atoms with E-state index in [2.05, 4.69) is 17.0 Å². The van der Waals surface area contributed by atoms with E-state index in [-0.39, 0.29) is 11.6 Å². The predicted octanol–water partition coefficient (Wildman–Crippen LogP) is 5.44. The van der Waals surface area contributed by atoms with Gasteiger partial charge in [0, 0.05) is 29.0 Å². The molecule has 0 aromatic heterocycles. The van der Waals surface area contributed by atoms with Gasteiger partial charge in [-0.25, -0.2) is 4.39 Å². The molecular weight excluding hydrogens is 383 g/mol. The predicted molar refractivity (Wildman–Crippen MR) is 118 cm³/mol. The van der Waals surface area contributed by atoms with E-state index < -0.39 is 0 Å². The molecule has 1 N–H and O–H groups in total. The average molecular weight is 410 g/mol. The Hall–Kier alpha value is -3.12. The first-order valence-electron chi connectivity index (χ1n) is 9.93. The second kappa shape index (κ2) is 10.1. The Kier molecular flexibility index (Phi) is 7.25. The molecule has 0 atom stereocenters. The Morgan fingerprint density at radius 2 is 2.17 bits per heavy atom. The Morgan fingerprint density at radius 3 is 2.87 bits per heavy atom. The lowest BCUT2D eigenvalue weighted by Crippen LogP contribution is -2.07. The number of benzene rings is 1. The third-order valence-electron chi connectivity index (χ3n) is 4.95. The molecule has 1 aliphatic carbocycles. The maximum absolute atomic E-state index is 15.1. The highest BCUT2D eigenvalue weighted by Crippen LogP contribution is 2.34. The van der Waals surface area contributed by atoms with Gasteiger partial charge in [-0.05, 0) is 63.9 Å². The van der Waals surface area contributed by atoms with Crippen LogP contribution in [0.4, 0.5) is 10.1 Å². The highest BCUT2D eigenvalue weighted by molar-refractivity contribution is 5.60. The number of halogens is 1. The second-order valence-corrected chi connectivity index (χ2v) is 6.73. The van der Waals surface area contributed by atoms with Crippen LogP contribution in [0.15, 0.2) is 76.0 Å². The molecule has 1 aliphatic heterocycles. The average Bonchev–Trinajstić information content (AvgIpc) is 2.96. The second-order valence-electron chi connectivity index (χ2n) is 6.73. The van der Waals surface area contributed by atoms with E-state index in [1.807, 2.05) is 38.1 Å². The molecule has 0 unspecified atom stereocenters. The number of methoxy groups -OCH3 is 1. The van der Waals surface area contributed by atoms with Gasteiger partial charge < -0.3 is 19.5 Å². The summed E-state index contributed by atoms with van der Waals surface area (Å²) in [6.07, 6.45) is 10.4. The number of nitrogens with zero attached hydrogens (tertiary/aromatic N) is 1. The van der Waals surface area contributed by atoms with Crippen LogP contribution in [0, 0.1) is 5.82 Å². The van der Waals surface area contributed by atoms with Crippen molar-refractivity contribution in [2.24, 2.45) is 4.99 Å². The number of hydrogen-bond acceptors (Lipinski definition) is 5. The van der Waals surface area contributed by atoms with Gasteiger partial charge in [-0.1, -0.05) is 12.2 Å². The van der Waals surface area contributed by atoms with Gasteiger partial charge in [0.15, 0.2) is 11.6 Å². The minimum absolute atomic E-state index is 0.157. The van der Waals surface area contributed by atoms with E-state index in [0.717, 1.165) is 11.3 Å². The molecule has 1 aromatic rings. The molecule has 0 bridgehead atoms. The zero-order valence-electron chi connectivity index (χ0n) is 17.6. The first-order chi connectivity index (χ1) is 14.6. The van der Waals surface area contributed by atoms with Crippen molar-refractivity contribution in [3.05, 3.63) is 82.4 Å². The van der Waals surface area contributed by atoms with Crippen molar-refractivity contribution >= 4 is 12.4 Å². The lowest BCUT2D eigenvalue weighted by Gasteiger charge is -2.18. The number of fused-ring (bicyclic) bond motifs is 1. The van der Waals surface area contributed by atoms with Crippen LogP contribution >= 0.6 is 0 Å². The molecule has 30 heavy (non-hydrogen) atoms. The Bertz CT molecular complexity index is 971. The van der Waals surface area contributed by atoms with Gasteiger partial charge in [0.1, 0.15) is 11.5 Å². The van der Waals surface area contributed by atoms with Crippen LogP contribution in [0.2, 0.25) is 0 Å². The number of ether oxygens (including phenoxy) is 3. The fraction of sp³-hybridized carbons (Fsp3) is 0.292. The fourth-order valence-corrected chi connectivity index (χ4v) is 3.37. The van der Waals surface area contributed by atoms with Gasteiger partial charge in [-0.15, -0.1) is 0 Å². The molecule has 3 rings (SSSR count). The van der Waals surface area contributed by atoms with Crippen molar-refractivity contribution in [3.63, 3.8) is 0 Å². The van der Waals surface area contributed by atoms with Crippen molar-refractivity contribution in [2.45, 2.75) is 26.7 Å². The van der Waals surface area contributed by atoms with E-state index in [1.165, 1.54) is 0 Å². The molecule has 158 valence electrons. The van der Waals surface area contributed by atoms with Crippen LogP contribution in [0.5, 0.6) is 5.75 Å². The highest BCUT2D eigenvalue weighted by Gasteiger charge is 2.21. The number of hydrogen-bond donors (Lipinski definition) is 1. The van der Waals surface area contributed by atoms with Crippen LogP contribution in [0.1, 0.15) is 25.8 Å². The summed E-state index contributed by atoms with van der Waals surface area (Å²) in [7, 11) is 1.61. The van der Waals surface area contributed by atoms with Crippen LogP contribution in [-0.4, -0.2) is 27.0 Å². The van der Waals surface area contributed by atoms with Crippen LogP contribution < -0.4 is 10.1 Å². The summed E-state index contributed by atoms with van der Waals surface area (Å²) < 4.78 is 32.3. The Balaban J connectivity index is 1.97. The minimum atomic E-state index is -0.380. The van der Waals surface area contributed by atoms with E-state index >= 15 is 4.39 Å². The molecule has 0 radical (unpaired) electrons. The lowest BCUT2D eigenvalue weighted by atomic mass is 10.1. The normalized spacial score (nSPS) is 16.2. The van der Waals surface area contributed by atoms with Crippen molar-refractivity contribution in [1.82, 2.24) is 0 Å². The van der Waals surface area contributed by atoms with Crippen LogP contribution in [0.25, 0.3) is 0 Å². The SMILES string of the molecule is C=NC1=CCC(COCC)=C(OC)C=C1/C(=C\C)Oc1ccc2c(c1F)CC=CN2. The van der Waals surface area contributed by atoms with Crippen LogP contribution in [-0.2, 0) is 15.9 Å². The molecule has 0 amide bonds. The first kappa shape index (κ1) is 21.6. The van der Waals surface area contributed by atoms with E-state index in [0.29, 0.717) is 54.4 Å². The number of rotatable bonds is 8. The monoisotopic (exact) mass is 410 g/mol. The summed E-state index contributed by atoms with van der Waals surface area (Å²) in [5.41, 5.74) is 3.63. The highest BCUT2D eigenvalue weighted by atomic mass is 19.1. The maximum Gasteiger partial charge on any atom is 0.171 e. The zero-order chi connectivity index (χ0) is 21.5. The first-order valence-corrected chi connectivity index (χ1v) is 9.93. The van der Waals surface area contributed by atoms with Crippen molar-refractivity contribution in [3.8, 4) is 5.75 Å². The van der Waals surface area contributed by atoms with Gasteiger partial charge in [0.25, 0.3) is 0 Å².